The summed E-state index contributed by atoms with van der Waals surface area (Å²) < 4.78 is 0. The van der Waals surface area contributed by atoms with Gasteiger partial charge in [0, 0.05) is 29.9 Å². The molecule has 3 N–H and O–H groups in total. The Morgan fingerprint density at radius 2 is 1.85 bits per heavy atom. The minimum absolute atomic E-state index is 0.00514. The molecule has 1 aromatic carbocycles. The number of nitriles is 1. The Kier molecular flexibility index (Phi) is 5.08. The molecular formula is C27H25N7. The summed E-state index contributed by atoms with van der Waals surface area (Å²) >= 11 is 0. The van der Waals surface area contributed by atoms with Crippen molar-refractivity contribution >= 4 is 28.2 Å². The second kappa shape index (κ2) is 8.40. The molecule has 4 heterocycles. The van der Waals surface area contributed by atoms with Crippen molar-refractivity contribution in [2.45, 2.75) is 37.8 Å². The zero-order valence-corrected chi connectivity index (χ0v) is 18.8. The number of nitrogens with zero attached hydrogens (tertiary/aromatic N) is 5. The zero-order chi connectivity index (χ0) is 23.1. The van der Waals surface area contributed by atoms with Crippen LogP contribution >= 0.6 is 0 Å². The van der Waals surface area contributed by atoms with Gasteiger partial charge in [-0.15, -0.1) is 0 Å². The third kappa shape index (κ3) is 3.93. The molecular weight excluding hydrogens is 422 g/mol. The van der Waals surface area contributed by atoms with E-state index in [9.17, 15) is 5.26 Å². The van der Waals surface area contributed by atoms with Gasteiger partial charge in [0.05, 0.1) is 23.5 Å². The smallest absolute Gasteiger partial charge is 0.137 e. The molecule has 6 rings (SSSR count). The van der Waals surface area contributed by atoms with Gasteiger partial charge >= 0.3 is 0 Å². The first-order valence-electron chi connectivity index (χ1n) is 11.7. The van der Waals surface area contributed by atoms with Crippen molar-refractivity contribution in [3.63, 3.8) is 0 Å². The summed E-state index contributed by atoms with van der Waals surface area (Å²) in [6, 6.07) is 18.4. The third-order valence-corrected chi connectivity index (χ3v) is 6.65. The first kappa shape index (κ1) is 20.6. The van der Waals surface area contributed by atoms with Gasteiger partial charge in [0.1, 0.15) is 17.5 Å². The van der Waals surface area contributed by atoms with Gasteiger partial charge in [-0.3, -0.25) is 0 Å². The van der Waals surface area contributed by atoms with Gasteiger partial charge in [-0.05, 0) is 78.9 Å². The number of nitrogens with two attached hydrogens (primary N) is 1. The minimum Gasteiger partial charge on any atom is -0.341 e. The first-order valence-corrected chi connectivity index (χ1v) is 11.7. The number of hydrogen-bond donors (Lipinski definition) is 2. The second-order valence-corrected chi connectivity index (χ2v) is 9.09. The Balaban J connectivity index is 1.42. The molecule has 3 aromatic heterocycles. The van der Waals surface area contributed by atoms with Crippen molar-refractivity contribution in [3.05, 3.63) is 72.1 Å². The van der Waals surface area contributed by atoms with Crippen molar-refractivity contribution < 1.29 is 0 Å². The molecule has 4 aromatic rings. The van der Waals surface area contributed by atoms with E-state index in [0.29, 0.717) is 17.3 Å². The topological polar surface area (TPSA) is 104 Å². The molecule has 7 heteroatoms. The minimum atomic E-state index is 0.00514. The van der Waals surface area contributed by atoms with Crippen LogP contribution in [0.2, 0.25) is 0 Å². The number of benzene rings is 1. The van der Waals surface area contributed by atoms with E-state index in [4.69, 9.17) is 15.7 Å². The molecule has 2 aliphatic rings. The summed E-state index contributed by atoms with van der Waals surface area (Å²) in [5.41, 5.74) is 10.1. The fourth-order valence-electron chi connectivity index (χ4n) is 4.71. The predicted octanol–water partition coefficient (Wildman–Crippen LogP) is 5.07. The maximum absolute atomic E-state index is 9.21. The molecule has 2 fully saturated rings. The lowest BCUT2D eigenvalue weighted by atomic mass is 10.0. The van der Waals surface area contributed by atoms with Crippen LogP contribution in [0.4, 0.5) is 17.5 Å². The highest BCUT2D eigenvalue weighted by Crippen LogP contribution is 2.42. The van der Waals surface area contributed by atoms with Crippen molar-refractivity contribution in [2.24, 2.45) is 5.73 Å². The largest absolute Gasteiger partial charge is 0.341 e. The van der Waals surface area contributed by atoms with E-state index >= 15 is 0 Å². The highest BCUT2D eigenvalue weighted by Gasteiger charge is 2.26. The maximum Gasteiger partial charge on any atom is 0.137 e. The monoisotopic (exact) mass is 447 g/mol. The van der Waals surface area contributed by atoms with Crippen LogP contribution < -0.4 is 16.0 Å². The Morgan fingerprint density at radius 3 is 2.65 bits per heavy atom. The molecule has 168 valence electrons. The Hall–Kier alpha value is -4.02. The maximum atomic E-state index is 9.21. The highest BCUT2D eigenvalue weighted by molar-refractivity contribution is 5.95. The lowest BCUT2D eigenvalue weighted by molar-refractivity contribution is 0.696. The van der Waals surface area contributed by atoms with Crippen LogP contribution in [0.25, 0.3) is 22.0 Å². The van der Waals surface area contributed by atoms with Crippen LogP contribution in [-0.2, 0) is 0 Å². The Bertz CT molecular complexity index is 1420. The summed E-state index contributed by atoms with van der Waals surface area (Å²) in [5, 5.41) is 14.7. The van der Waals surface area contributed by atoms with Crippen LogP contribution in [0.5, 0.6) is 0 Å². The molecule has 0 amide bonds. The summed E-state index contributed by atoms with van der Waals surface area (Å²) in [4.78, 5) is 16.2. The summed E-state index contributed by atoms with van der Waals surface area (Å²) in [6.07, 6.45) is 7.96. The molecule has 0 radical (unpaired) electrons. The van der Waals surface area contributed by atoms with Crippen LogP contribution in [0, 0.1) is 11.3 Å². The first-order chi connectivity index (χ1) is 16.7. The van der Waals surface area contributed by atoms with E-state index in [1.807, 2.05) is 12.3 Å². The molecule has 34 heavy (non-hydrogen) atoms. The summed E-state index contributed by atoms with van der Waals surface area (Å²) in [7, 11) is 0. The predicted molar refractivity (Wildman–Crippen MR) is 134 cm³/mol. The highest BCUT2D eigenvalue weighted by atomic mass is 15.3. The molecule has 1 saturated carbocycles. The van der Waals surface area contributed by atoms with E-state index in [2.05, 4.69) is 51.6 Å². The van der Waals surface area contributed by atoms with E-state index < -0.39 is 0 Å². The van der Waals surface area contributed by atoms with Crippen LogP contribution in [0.3, 0.4) is 0 Å². The standard InChI is InChI=1S/C27H25N7/c28-16-17-7-9-30-25(12-17)33-26-15-21(18-3-4-18)14-23(32-26)20-6-5-19-8-10-31-27(22(19)13-20)34-11-1-2-24(34)29/h5-10,12-15,18,24H,1-4,11,29H2,(H,30,32,33)/t24-/m1/s1. The van der Waals surface area contributed by atoms with Gasteiger partial charge < -0.3 is 16.0 Å². The number of nitrogens with one attached hydrogen (secondary N) is 1. The van der Waals surface area contributed by atoms with Crippen molar-refractivity contribution in [1.82, 2.24) is 15.0 Å². The summed E-state index contributed by atoms with van der Waals surface area (Å²) in [6.45, 7) is 0.926. The fourth-order valence-corrected chi connectivity index (χ4v) is 4.71. The van der Waals surface area contributed by atoms with Gasteiger partial charge in [-0.1, -0.05) is 12.1 Å². The van der Waals surface area contributed by atoms with Crippen LogP contribution in [-0.4, -0.2) is 27.7 Å². The quantitative estimate of drug-likeness (QED) is 0.440. The van der Waals surface area contributed by atoms with Crippen molar-refractivity contribution in [2.75, 3.05) is 16.8 Å². The number of aromatic nitrogens is 3. The Morgan fingerprint density at radius 1 is 0.971 bits per heavy atom. The average Bonchev–Trinajstić information content (AvgIpc) is 3.64. The molecule has 0 unspecified atom stereocenters. The van der Waals surface area contributed by atoms with E-state index in [1.54, 1.807) is 18.3 Å². The van der Waals surface area contributed by atoms with Crippen molar-refractivity contribution in [1.29, 1.82) is 5.26 Å². The fraction of sp³-hybridized carbons (Fsp3) is 0.259. The van der Waals surface area contributed by atoms with Gasteiger partial charge in [0.2, 0.25) is 0 Å². The number of pyridine rings is 3. The second-order valence-electron chi connectivity index (χ2n) is 9.09. The molecule has 1 aliphatic heterocycles. The lowest BCUT2D eigenvalue weighted by Gasteiger charge is -2.24. The molecule has 1 atom stereocenters. The SMILES string of the molecule is N#Cc1ccnc(Nc2cc(C3CC3)cc(-c3ccc4ccnc(N5CCC[C@@H]5N)c4c3)n2)c1. The van der Waals surface area contributed by atoms with Gasteiger partial charge in [-0.2, -0.15) is 5.26 Å². The van der Waals surface area contributed by atoms with Gasteiger partial charge in [0.25, 0.3) is 0 Å². The number of fused-ring (bicyclic) bond motifs is 1. The van der Waals surface area contributed by atoms with E-state index in [-0.39, 0.29) is 6.17 Å². The summed E-state index contributed by atoms with van der Waals surface area (Å²) in [5.74, 6) is 2.85. The zero-order valence-electron chi connectivity index (χ0n) is 18.8. The van der Waals surface area contributed by atoms with Gasteiger partial charge in [-0.25, -0.2) is 15.0 Å². The molecule has 0 bridgehead atoms. The van der Waals surface area contributed by atoms with Crippen molar-refractivity contribution in [3.8, 4) is 17.3 Å². The molecule has 1 saturated heterocycles. The number of hydrogen-bond acceptors (Lipinski definition) is 7. The molecule has 7 nitrogen and oxygen atoms in total. The van der Waals surface area contributed by atoms with E-state index in [1.165, 1.54) is 18.4 Å². The van der Waals surface area contributed by atoms with Crippen LogP contribution in [0.15, 0.2) is 60.9 Å². The van der Waals surface area contributed by atoms with Crippen LogP contribution in [0.1, 0.15) is 42.7 Å². The molecule has 1 aliphatic carbocycles. The lowest BCUT2D eigenvalue weighted by Crippen LogP contribution is -2.37. The number of anilines is 3. The average molecular weight is 448 g/mol. The van der Waals surface area contributed by atoms with Gasteiger partial charge in [0.15, 0.2) is 0 Å². The molecule has 0 spiro atoms. The number of rotatable bonds is 5. The third-order valence-electron chi connectivity index (χ3n) is 6.65. The Labute approximate surface area is 198 Å². The van der Waals surface area contributed by atoms with E-state index in [0.717, 1.165) is 53.1 Å². The normalized spacial score (nSPS) is 17.6.